The van der Waals surface area contributed by atoms with Crippen LogP contribution in [0.3, 0.4) is 0 Å². The van der Waals surface area contributed by atoms with Crippen molar-refractivity contribution in [2.45, 2.75) is 52.4 Å². The summed E-state index contributed by atoms with van der Waals surface area (Å²) >= 11 is 0. The third-order valence-electron chi connectivity index (χ3n) is 4.45. The lowest BCUT2D eigenvalue weighted by molar-refractivity contribution is -0.127. The fourth-order valence-electron chi connectivity index (χ4n) is 2.69. The second-order valence-corrected chi connectivity index (χ2v) is 7.59. The topological polar surface area (TPSA) is 66.0 Å². The molecule has 1 atom stereocenters. The van der Waals surface area contributed by atoms with Crippen molar-refractivity contribution in [3.8, 4) is 0 Å². The number of nitrogens with one attached hydrogen (secondary N) is 2. The lowest BCUT2D eigenvalue weighted by atomic mass is 10.0. The number of carbonyl (C=O) groups excluding carboxylic acids is 1. The second kappa shape index (κ2) is 13.0. The zero-order valence-corrected chi connectivity index (χ0v) is 16.6. The number of aliphatic imine (C=N–C) groups is 1. The molecule has 0 aliphatic carbocycles. The van der Waals surface area contributed by atoms with Gasteiger partial charge in [-0.1, -0.05) is 39.5 Å². The van der Waals surface area contributed by atoms with Crippen molar-refractivity contribution in [2.24, 2.45) is 16.8 Å². The number of rotatable bonds is 11. The molecule has 1 aliphatic rings. The molecule has 1 unspecified atom stereocenters. The van der Waals surface area contributed by atoms with E-state index < -0.39 is 0 Å². The minimum atomic E-state index is 0.0129. The molecule has 2 N–H and O–H groups in total. The first-order chi connectivity index (χ1) is 12.0. The van der Waals surface area contributed by atoms with Gasteiger partial charge in [0.15, 0.2) is 5.96 Å². The molecule has 1 fully saturated rings. The van der Waals surface area contributed by atoms with Gasteiger partial charge in [-0.15, -0.1) is 0 Å². The molecule has 25 heavy (non-hydrogen) atoms. The fourth-order valence-corrected chi connectivity index (χ4v) is 2.69. The molecule has 0 bridgehead atoms. The minimum Gasteiger partial charge on any atom is -0.381 e. The minimum absolute atomic E-state index is 0.0129. The van der Waals surface area contributed by atoms with E-state index in [2.05, 4.69) is 29.5 Å². The van der Waals surface area contributed by atoms with Crippen LogP contribution < -0.4 is 10.6 Å². The van der Waals surface area contributed by atoms with Crippen molar-refractivity contribution in [3.63, 3.8) is 0 Å². The largest absolute Gasteiger partial charge is 0.381 e. The SMILES string of the molecule is CC(C)CCCCCCNC(=NCC(=O)N(C)C)NCC1CCOC1. The molecule has 1 heterocycles. The van der Waals surface area contributed by atoms with Crippen LogP contribution in [0.15, 0.2) is 4.99 Å². The molecule has 146 valence electrons. The number of hydrogen-bond donors (Lipinski definition) is 2. The lowest BCUT2D eigenvalue weighted by Crippen LogP contribution is -2.41. The number of hydrogen-bond acceptors (Lipinski definition) is 3. The van der Waals surface area contributed by atoms with Crippen molar-refractivity contribution in [1.29, 1.82) is 0 Å². The first-order valence-corrected chi connectivity index (χ1v) is 9.79. The standard InChI is InChI=1S/C19H38N4O2/c1-16(2)9-7-5-6-8-11-20-19(22-14-18(24)23(3)4)21-13-17-10-12-25-15-17/h16-17H,5-15H2,1-4H3,(H2,20,21,22). The molecule has 1 saturated heterocycles. The van der Waals surface area contributed by atoms with Crippen molar-refractivity contribution in [3.05, 3.63) is 0 Å². The van der Waals surface area contributed by atoms with Gasteiger partial charge < -0.3 is 20.3 Å². The van der Waals surface area contributed by atoms with Gasteiger partial charge in [-0.25, -0.2) is 4.99 Å². The average molecular weight is 355 g/mol. The van der Waals surface area contributed by atoms with Gasteiger partial charge in [0.25, 0.3) is 0 Å². The van der Waals surface area contributed by atoms with Crippen molar-refractivity contribution >= 4 is 11.9 Å². The molecule has 6 heteroatoms. The third-order valence-corrected chi connectivity index (χ3v) is 4.45. The van der Waals surface area contributed by atoms with Crippen LogP contribution in [-0.4, -0.2) is 63.7 Å². The van der Waals surface area contributed by atoms with Gasteiger partial charge >= 0.3 is 0 Å². The molecular weight excluding hydrogens is 316 g/mol. The highest BCUT2D eigenvalue weighted by Gasteiger charge is 2.15. The maximum Gasteiger partial charge on any atom is 0.243 e. The zero-order valence-electron chi connectivity index (χ0n) is 16.6. The summed E-state index contributed by atoms with van der Waals surface area (Å²) in [6.45, 7) is 8.13. The molecule has 6 nitrogen and oxygen atoms in total. The molecule has 0 aromatic carbocycles. The molecule has 1 aliphatic heterocycles. The van der Waals surface area contributed by atoms with Crippen LogP contribution in [0.1, 0.15) is 52.4 Å². The number of guanidine groups is 1. The van der Waals surface area contributed by atoms with Gasteiger partial charge in [0.2, 0.25) is 5.91 Å². The highest BCUT2D eigenvalue weighted by molar-refractivity contribution is 5.84. The summed E-state index contributed by atoms with van der Waals surface area (Å²) in [6, 6.07) is 0. The Morgan fingerprint density at radius 2 is 1.96 bits per heavy atom. The summed E-state index contributed by atoms with van der Waals surface area (Å²) in [5.41, 5.74) is 0. The fraction of sp³-hybridized carbons (Fsp3) is 0.895. The van der Waals surface area contributed by atoms with Crippen LogP contribution in [-0.2, 0) is 9.53 Å². The van der Waals surface area contributed by atoms with E-state index in [0.717, 1.165) is 51.0 Å². The van der Waals surface area contributed by atoms with E-state index in [4.69, 9.17) is 4.74 Å². The molecular formula is C19H38N4O2. The highest BCUT2D eigenvalue weighted by Crippen LogP contribution is 2.10. The molecule has 0 aromatic rings. The average Bonchev–Trinajstić information content (AvgIpc) is 3.08. The Morgan fingerprint density at radius 3 is 2.60 bits per heavy atom. The normalized spacial score (nSPS) is 17.8. The lowest BCUT2D eigenvalue weighted by Gasteiger charge is -2.16. The summed E-state index contributed by atoms with van der Waals surface area (Å²) in [6.07, 6.45) is 7.38. The Bertz CT molecular complexity index is 391. The zero-order chi connectivity index (χ0) is 18.5. The Kier molecular flexibility index (Phi) is 11.3. The van der Waals surface area contributed by atoms with Crippen LogP contribution >= 0.6 is 0 Å². The van der Waals surface area contributed by atoms with Crippen LogP contribution in [0.2, 0.25) is 0 Å². The number of unbranched alkanes of at least 4 members (excludes halogenated alkanes) is 3. The molecule has 1 rings (SSSR count). The molecule has 0 aromatic heterocycles. The van der Waals surface area contributed by atoms with Gasteiger partial charge in [0.05, 0.1) is 6.61 Å². The molecule has 0 radical (unpaired) electrons. The van der Waals surface area contributed by atoms with E-state index in [0.29, 0.717) is 5.92 Å². The maximum absolute atomic E-state index is 11.8. The quantitative estimate of drug-likeness (QED) is 0.339. The van der Waals surface area contributed by atoms with Gasteiger partial charge in [-0.3, -0.25) is 4.79 Å². The first-order valence-electron chi connectivity index (χ1n) is 9.79. The van der Waals surface area contributed by atoms with Crippen molar-refractivity contribution in [2.75, 3.05) is 46.9 Å². The van der Waals surface area contributed by atoms with E-state index >= 15 is 0 Å². The number of amides is 1. The van der Waals surface area contributed by atoms with Gasteiger partial charge in [0.1, 0.15) is 6.54 Å². The van der Waals surface area contributed by atoms with Crippen molar-refractivity contribution in [1.82, 2.24) is 15.5 Å². The smallest absolute Gasteiger partial charge is 0.243 e. The number of nitrogens with zero attached hydrogens (tertiary/aromatic N) is 2. The third kappa shape index (κ3) is 11.0. The number of carbonyl (C=O) groups is 1. The van der Waals surface area contributed by atoms with E-state index in [1.807, 2.05) is 0 Å². The summed E-state index contributed by atoms with van der Waals surface area (Å²) in [4.78, 5) is 17.7. The van der Waals surface area contributed by atoms with E-state index in [1.54, 1.807) is 19.0 Å². The van der Waals surface area contributed by atoms with Crippen LogP contribution in [0.4, 0.5) is 0 Å². The Labute approximate surface area is 153 Å². The monoisotopic (exact) mass is 354 g/mol. The predicted molar refractivity (Wildman–Crippen MR) is 104 cm³/mol. The van der Waals surface area contributed by atoms with E-state index in [1.165, 1.54) is 25.7 Å². The van der Waals surface area contributed by atoms with Gasteiger partial charge in [0, 0.05) is 39.7 Å². The summed E-state index contributed by atoms with van der Waals surface area (Å²) in [5, 5.41) is 6.73. The van der Waals surface area contributed by atoms with Crippen LogP contribution in [0.25, 0.3) is 0 Å². The number of ether oxygens (including phenoxy) is 1. The van der Waals surface area contributed by atoms with Crippen molar-refractivity contribution < 1.29 is 9.53 Å². The predicted octanol–water partition coefficient (Wildman–Crippen LogP) is 2.25. The van der Waals surface area contributed by atoms with Crippen LogP contribution in [0, 0.1) is 11.8 Å². The Morgan fingerprint density at radius 1 is 1.20 bits per heavy atom. The highest BCUT2D eigenvalue weighted by atomic mass is 16.5. The summed E-state index contributed by atoms with van der Waals surface area (Å²) < 4.78 is 5.41. The van der Waals surface area contributed by atoms with E-state index in [9.17, 15) is 4.79 Å². The number of likely N-dealkylation sites (N-methyl/N-ethyl adjacent to an activating group) is 1. The first kappa shape index (κ1) is 21.7. The Hall–Kier alpha value is -1.30. The summed E-state index contributed by atoms with van der Waals surface area (Å²) in [5.74, 6) is 2.09. The maximum atomic E-state index is 11.8. The molecule has 0 saturated carbocycles. The second-order valence-electron chi connectivity index (χ2n) is 7.59. The molecule has 1 amide bonds. The summed E-state index contributed by atoms with van der Waals surface area (Å²) in [7, 11) is 3.51. The molecule has 0 spiro atoms. The van der Waals surface area contributed by atoms with E-state index in [-0.39, 0.29) is 12.5 Å². The van der Waals surface area contributed by atoms with Gasteiger partial charge in [-0.05, 0) is 18.8 Å². The van der Waals surface area contributed by atoms with Gasteiger partial charge in [-0.2, -0.15) is 0 Å². The van der Waals surface area contributed by atoms with Crippen LogP contribution in [0.5, 0.6) is 0 Å². The Balaban J connectivity index is 2.28.